The van der Waals surface area contributed by atoms with Crippen molar-refractivity contribution in [3.63, 3.8) is 0 Å². The van der Waals surface area contributed by atoms with Crippen molar-refractivity contribution in [1.82, 2.24) is 10.2 Å². The Morgan fingerprint density at radius 3 is 2.50 bits per heavy atom. The van der Waals surface area contributed by atoms with Crippen LogP contribution in [0.15, 0.2) is 29.2 Å². The molecule has 0 radical (unpaired) electrons. The molecule has 2 N–H and O–H groups in total. The fourth-order valence-corrected chi connectivity index (χ4v) is 5.05. The Hall–Kier alpha value is -0.950. The fourth-order valence-electron chi connectivity index (χ4n) is 4.63. The van der Waals surface area contributed by atoms with E-state index in [4.69, 9.17) is 0 Å². The second kappa shape index (κ2) is 7.12. The first-order chi connectivity index (χ1) is 11.7. The van der Waals surface area contributed by atoms with Crippen molar-refractivity contribution < 1.29 is 8.76 Å². The molecule has 3 fully saturated rings. The predicted octanol–water partition coefficient (Wildman–Crippen LogP) is 1.92. The zero-order valence-corrected chi connectivity index (χ0v) is 14.9. The molecule has 3 heterocycles. The van der Waals surface area contributed by atoms with Crippen LogP contribution < -0.4 is 10.2 Å². The van der Waals surface area contributed by atoms with E-state index in [0.29, 0.717) is 4.90 Å². The molecule has 0 amide bonds. The summed E-state index contributed by atoms with van der Waals surface area (Å²) in [7, 11) is 0. The van der Waals surface area contributed by atoms with Crippen molar-refractivity contribution >= 4 is 16.8 Å². The van der Waals surface area contributed by atoms with E-state index in [1.807, 2.05) is 18.2 Å². The number of fused-ring (bicyclic) bond motifs is 2. The number of anilines is 1. The van der Waals surface area contributed by atoms with E-state index >= 15 is 0 Å². The highest BCUT2D eigenvalue weighted by Gasteiger charge is 2.37. The summed E-state index contributed by atoms with van der Waals surface area (Å²) in [5.74, 6) is 0.789. The zero-order chi connectivity index (χ0) is 16.5. The van der Waals surface area contributed by atoms with Crippen LogP contribution in [0.5, 0.6) is 0 Å². The lowest BCUT2D eigenvalue weighted by Crippen LogP contribution is -2.53. The monoisotopic (exact) mass is 349 g/mol. The van der Waals surface area contributed by atoms with E-state index < -0.39 is 11.1 Å². The van der Waals surface area contributed by atoms with Gasteiger partial charge < -0.3 is 14.8 Å². The van der Waals surface area contributed by atoms with Crippen LogP contribution in [-0.2, 0) is 11.1 Å². The molecule has 0 aliphatic carbocycles. The second-order valence-electron chi connectivity index (χ2n) is 7.42. The molecule has 132 valence electrons. The summed E-state index contributed by atoms with van der Waals surface area (Å²) in [5, 5.41) is 3.56. The van der Waals surface area contributed by atoms with Gasteiger partial charge in [0.15, 0.2) is 11.1 Å². The van der Waals surface area contributed by atoms with Gasteiger partial charge in [-0.3, -0.25) is 4.90 Å². The van der Waals surface area contributed by atoms with E-state index in [1.54, 1.807) is 6.07 Å². The maximum absolute atomic E-state index is 11.3. The fraction of sp³-hybridized carbons (Fsp3) is 0.667. The van der Waals surface area contributed by atoms with E-state index in [0.717, 1.165) is 36.8 Å². The molecule has 3 atom stereocenters. The Morgan fingerprint density at radius 1 is 1.12 bits per heavy atom. The predicted molar refractivity (Wildman–Crippen MR) is 96.8 cm³/mol. The van der Waals surface area contributed by atoms with Gasteiger partial charge in [0.05, 0.1) is 4.90 Å². The van der Waals surface area contributed by atoms with Gasteiger partial charge in [-0.15, -0.1) is 0 Å². The first-order valence-electron chi connectivity index (χ1n) is 9.13. The van der Waals surface area contributed by atoms with Crippen LogP contribution in [0.3, 0.4) is 0 Å². The number of nitrogens with one attached hydrogen (secondary N) is 1. The highest BCUT2D eigenvalue weighted by molar-refractivity contribution is 7.79. The third-order valence-corrected chi connectivity index (χ3v) is 6.66. The van der Waals surface area contributed by atoms with Gasteiger partial charge in [0.2, 0.25) is 0 Å². The van der Waals surface area contributed by atoms with Crippen molar-refractivity contribution in [2.24, 2.45) is 5.92 Å². The van der Waals surface area contributed by atoms with Gasteiger partial charge in [0, 0.05) is 50.5 Å². The number of piperazine rings is 1. The number of benzene rings is 1. The van der Waals surface area contributed by atoms with Gasteiger partial charge in [0.1, 0.15) is 0 Å². The molecule has 5 nitrogen and oxygen atoms in total. The van der Waals surface area contributed by atoms with Gasteiger partial charge in [-0.25, -0.2) is 4.21 Å². The maximum atomic E-state index is 11.3. The standard InChI is InChI=1S/C18H27N3O2S/c22-24(23)18-3-1-2-15(10-18)20-8-6-14(7-9-20)13-21-16-4-5-17(21)12-19-11-16/h1-3,10,14,16-17,19H,4-9,11-13H2,(H,22,23). The summed E-state index contributed by atoms with van der Waals surface area (Å²) in [6.45, 7) is 5.69. The SMILES string of the molecule is O=S(O)c1cccc(N2CCC(CN3C4CCC3CNC4)CC2)c1. The smallest absolute Gasteiger partial charge is 0.186 e. The highest BCUT2D eigenvalue weighted by atomic mass is 32.2. The minimum absolute atomic E-state index is 0.493. The lowest BCUT2D eigenvalue weighted by Gasteiger charge is -2.40. The third kappa shape index (κ3) is 3.38. The minimum Gasteiger partial charge on any atom is -0.371 e. The van der Waals surface area contributed by atoms with Gasteiger partial charge in [-0.1, -0.05) is 6.07 Å². The van der Waals surface area contributed by atoms with Crippen LogP contribution in [0.2, 0.25) is 0 Å². The first-order valence-corrected chi connectivity index (χ1v) is 10.2. The topological polar surface area (TPSA) is 55.8 Å². The van der Waals surface area contributed by atoms with E-state index in [9.17, 15) is 8.76 Å². The molecular weight excluding hydrogens is 322 g/mol. The van der Waals surface area contributed by atoms with E-state index in [2.05, 4.69) is 15.1 Å². The molecule has 3 unspecified atom stereocenters. The normalized spacial score (nSPS) is 29.8. The second-order valence-corrected chi connectivity index (χ2v) is 8.39. The molecule has 3 saturated heterocycles. The lowest BCUT2D eigenvalue weighted by molar-refractivity contribution is 0.121. The molecule has 3 aliphatic rings. The molecule has 0 aromatic heterocycles. The number of nitrogens with zero attached hydrogens (tertiary/aromatic N) is 2. The summed E-state index contributed by atoms with van der Waals surface area (Å²) < 4.78 is 20.5. The quantitative estimate of drug-likeness (QED) is 0.814. The van der Waals surface area contributed by atoms with Crippen LogP contribution in [-0.4, -0.2) is 58.5 Å². The van der Waals surface area contributed by atoms with Gasteiger partial charge in [0.25, 0.3) is 0 Å². The summed E-state index contributed by atoms with van der Waals surface area (Å²) in [5.41, 5.74) is 1.08. The highest BCUT2D eigenvalue weighted by Crippen LogP contribution is 2.31. The average molecular weight is 350 g/mol. The van der Waals surface area contributed by atoms with Crippen molar-refractivity contribution in [2.45, 2.75) is 42.7 Å². The molecule has 0 saturated carbocycles. The summed E-state index contributed by atoms with van der Waals surface area (Å²) >= 11 is -1.90. The molecule has 1 aromatic rings. The molecule has 1 aromatic carbocycles. The van der Waals surface area contributed by atoms with Crippen molar-refractivity contribution in [1.29, 1.82) is 0 Å². The van der Waals surface area contributed by atoms with E-state index in [-0.39, 0.29) is 0 Å². The molecular formula is C18H27N3O2S. The third-order valence-electron chi connectivity index (χ3n) is 6.00. The average Bonchev–Trinajstić information content (AvgIpc) is 2.83. The zero-order valence-electron chi connectivity index (χ0n) is 14.1. The number of hydrogen-bond donors (Lipinski definition) is 2. The molecule has 0 spiro atoms. The Kier molecular flexibility index (Phi) is 4.90. The number of hydrogen-bond acceptors (Lipinski definition) is 4. The van der Waals surface area contributed by atoms with Gasteiger partial charge >= 0.3 is 0 Å². The maximum Gasteiger partial charge on any atom is 0.186 e. The largest absolute Gasteiger partial charge is 0.371 e. The summed E-state index contributed by atoms with van der Waals surface area (Å²) in [6.07, 6.45) is 5.16. The number of rotatable bonds is 4. The minimum atomic E-state index is -1.90. The van der Waals surface area contributed by atoms with Crippen molar-refractivity contribution in [2.75, 3.05) is 37.6 Å². The molecule has 24 heavy (non-hydrogen) atoms. The summed E-state index contributed by atoms with van der Waals surface area (Å²) in [6, 6.07) is 9.02. The van der Waals surface area contributed by atoms with Crippen LogP contribution >= 0.6 is 0 Å². The number of piperidine rings is 1. The van der Waals surface area contributed by atoms with Crippen molar-refractivity contribution in [3.05, 3.63) is 24.3 Å². The molecule has 4 rings (SSSR count). The first kappa shape index (κ1) is 16.5. The molecule has 6 heteroatoms. The van der Waals surface area contributed by atoms with Crippen LogP contribution in [0, 0.1) is 5.92 Å². The Bertz CT molecular complexity index is 588. The van der Waals surface area contributed by atoms with Crippen molar-refractivity contribution in [3.8, 4) is 0 Å². The van der Waals surface area contributed by atoms with Gasteiger partial charge in [-0.05, 0) is 49.8 Å². The van der Waals surface area contributed by atoms with E-state index in [1.165, 1.54) is 45.3 Å². The Labute approximate surface area is 146 Å². The van der Waals surface area contributed by atoms with Gasteiger partial charge in [-0.2, -0.15) is 0 Å². The lowest BCUT2D eigenvalue weighted by atomic mass is 9.95. The summed E-state index contributed by atoms with van der Waals surface area (Å²) in [4.78, 5) is 5.62. The van der Waals surface area contributed by atoms with Crippen LogP contribution in [0.25, 0.3) is 0 Å². The molecule has 3 aliphatic heterocycles. The Balaban J connectivity index is 1.34. The van der Waals surface area contributed by atoms with Crippen LogP contribution in [0.1, 0.15) is 25.7 Å². The van der Waals surface area contributed by atoms with Crippen LogP contribution in [0.4, 0.5) is 5.69 Å². The molecule has 2 bridgehead atoms. The Morgan fingerprint density at radius 2 is 1.83 bits per heavy atom.